The Balaban J connectivity index is 2.69. The van der Waals surface area contributed by atoms with Gasteiger partial charge in [-0.3, -0.25) is 0 Å². The average molecular weight is 330 g/mol. The van der Waals surface area contributed by atoms with E-state index < -0.39 is 13.0 Å². The summed E-state index contributed by atoms with van der Waals surface area (Å²) in [5, 5.41) is 0.652. The second-order valence-electron chi connectivity index (χ2n) is 2.59. The van der Waals surface area contributed by atoms with Crippen LogP contribution in [-0.2, 0) is 5.33 Å². The fourth-order valence-electron chi connectivity index (χ4n) is 0.903. The van der Waals surface area contributed by atoms with Crippen molar-refractivity contribution in [2.45, 2.75) is 11.8 Å². The van der Waals surface area contributed by atoms with Gasteiger partial charge in [0.2, 0.25) is 0 Å². The Morgan fingerprint density at radius 2 is 2.07 bits per heavy atom. The Labute approximate surface area is 97.7 Å². The molecule has 0 aliphatic heterocycles. The molecule has 0 fully saturated rings. The van der Waals surface area contributed by atoms with E-state index in [-0.39, 0.29) is 0 Å². The van der Waals surface area contributed by atoms with Crippen molar-refractivity contribution in [2.24, 2.45) is 0 Å². The van der Waals surface area contributed by atoms with E-state index in [0.717, 1.165) is 10.0 Å². The zero-order valence-electron chi connectivity index (χ0n) is 7.14. The van der Waals surface area contributed by atoms with Crippen LogP contribution in [0.2, 0.25) is 0 Å². The van der Waals surface area contributed by atoms with Crippen LogP contribution in [0.3, 0.4) is 0 Å². The minimum absolute atomic E-state index is 0.461. The lowest BCUT2D eigenvalue weighted by atomic mass is 10.2. The summed E-state index contributed by atoms with van der Waals surface area (Å²) in [7, 11) is 0. The third-order valence-corrected chi connectivity index (χ3v) is 2.91. The molecule has 1 aromatic carbocycles. The number of halogens is 4. The third kappa shape index (κ3) is 3.53. The van der Waals surface area contributed by atoms with Crippen LogP contribution in [0.5, 0.6) is 5.75 Å². The Kier molecular flexibility index (Phi) is 4.81. The molecule has 1 rings (SSSR count). The largest absolute Gasteiger partial charge is 0.488 e. The zero-order valence-corrected chi connectivity index (χ0v) is 10.3. The van der Waals surface area contributed by atoms with Crippen molar-refractivity contribution >= 4 is 31.9 Å². The van der Waals surface area contributed by atoms with Gasteiger partial charge in [0, 0.05) is 9.80 Å². The molecule has 0 saturated carbocycles. The van der Waals surface area contributed by atoms with Crippen LogP contribution in [-0.4, -0.2) is 13.0 Å². The van der Waals surface area contributed by atoms with Gasteiger partial charge in [0.05, 0.1) is 0 Å². The summed E-state index contributed by atoms with van der Waals surface area (Å²) < 4.78 is 29.5. The van der Waals surface area contributed by atoms with Gasteiger partial charge in [-0.15, -0.1) is 0 Å². The topological polar surface area (TPSA) is 9.23 Å². The van der Waals surface area contributed by atoms with Gasteiger partial charge in [-0.2, -0.15) is 0 Å². The van der Waals surface area contributed by atoms with Gasteiger partial charge in [-0.25, -0.2) is 8.78 Å². The summed E-state index contributed by atoms with van der Waals surface area (Å²) in [5.41, 5.74) is 0.969. The lowest BCUT2D eigenvalue weighted by Gasteiger charge is -2.07. The van der Waals surface area contributed by atoms with Gasteiger partial charge in [-0.1, -0.05) is 31.9 Å². The first-order valence-corrected chi connectivity index (χ1v) is 5.80. The van der Waals surface area contributed by atoms with Crippen molar-refractivity contribution in [3.05, 3.63) is 28.2 Å². The van der Waals surface area contributed by atoms with Gasteiger partial charge in [0.15, 0.2) is 0 Å². The molecule has 0 aromatic heterocycles. The van der Waals surface area contributed by atoms with Crippen LogP contribution in [0.15, 0.2) is 22.7 Å². The fraction of sp³-hybridized carbons (Fsp3) is 0.333. The molecule has 0 amide bonds. The summed E-state index contributed by atoms with van der Waals surface area (Å²) in [5.74, 6) is 0.461. The highest BCUT2D eigenvalue weighted by Gasteiger charge is 2.05. The maximum absolute atomic E-state index is 11.8. The maximum atomic E-state index is 11.8. The quantitative estimate of drug-likeness (QED) is 0.759. The minimum atomic E-state index is -2.44. The molecule has 0 radical (unpaired) electrons. The smallest absolute Gasteiger partial charge is 0.272 e. The molecule has 0 aliphatic carbocycles. The van der Waals surface area contributed by atoms with Crippen LogP contribution in [0.4, 0.5) is 8.78 Å². The molecule has 78 valence electrons. The van der Waals surface area contributed by atoms with E-state index in [0.29, 0.717) is 11.1 Å². The fourth-order valence-corrected chi connectivity index (χ4v) is 2.13. The Hall–Kier alpha value is -0.160. The Morgan fingerprint density at radius 1 is 1.36 bits per heavy atom. The van der Waals surface area contributed by atoms with Crippen molar-refractivity contribution in [2.75, 3.05) is 6.61 Å². The molecule has 0 heterocycles. The van der Waals surface area contributed by atoms with E-state index in [9.17, 15) is 8.78 Å². The van der Waals surface area contributed by atoms with Crippen molar-refractivity contribution in [3.63, 3.8) is 0 Å². The van der Waals surface area contributed by atoms with E-state index in [1.165, 1.54) is 0 Å². The molecule has 0 N–H and O–H groups in total. The number of alkyl halides is 3. The van der Waals surface area contributed by atoms with E-state index in [2.05, 4.69) is 31.9 Å². The van der Waals surface area contributed by atoms with Crippen molar-refractivity contribution in [3.8, 4) is 5.75 Å². The van der Waals surface area contributed by atoms with Gasteiger partial charge in [-0.05, 0) is 23.8 Å². The Bertz CT molecular complexity index is 305. The van der Waals surface area contributed by atoms with Crippen LogP contribution in [0.1, 0.15) is 5.56 Å². The van der Waals surface area contributed by atoms with Gasteiger partial charge >= 0.3 is 0 Å². The van der Waals surface area contributed by atoms with E-state index in [1.807, 2.05) is 0 Å². The van der Waals surface area contributed by atoms with Crippen LogP contribution >= 0.6 is 31.9 Å². The molecule has 0 bridgehead atoms. The van der Waals surface area contributed by atoms with Crippen molar-refractivity contribution in [1.82, 2.24) is 0 Å². The highest BCUT2D eigenvalue weighted by Crippen LogP contribution is 2.24. The monoisotopic (exact) mass is 328 g/mol. The SMILES string of the molecule is FC(F)COc1ccc(Br)c(CBr)c1. The molecule has 0 aliphatic rings. The normalized spacial score (nSPS) is 10.6. The molecule has 14 heavy (non-hydrogen) atoms. The first kappa shape index (κ1) is 11.9. The number of rotatable bonds is 4. The maximum Gasteiger partial charge on any atom is 0.272 e. The molecule has 0 unspecified atom stereocenters. The highest BCUT2D eigenvalue weighted by molar-refractivity contribution is 9.10. The first-order valence-electron chi connectivity index (χ1n) is 3.89. The first-order chi connectivity index (χ1) is 6.63. The number of hydrogen-bond donors (Lipinski definition) is 0. The second kappa shape index (κ2) is 5.66. The van der Waals surface area contributed by atoms with Crippen molar-refractivity contribution < 1.29 is 13.5 Å². The summed E-state index contributed by atoms with van der Waals surface area (Å²) in [4.78, 5) is 0. The molecule has 5 heteroatoms. The molecule has 0 atom stereocenters. The van der Waals surface area contributed by atoms with Gasteiger partial charge in [0.1, 0.15) is 12.4 Å². The summed E-state index contributed by atoms with van der Waals surface area (Å²) in [6.07, 6.45) is -2.44. The van der Waals surface area contributed by atoms with Gasteiger partial charge in [0.25, 0.3) is 6.43 Å². The van der Waals surface area contributed by atoms with Gasteiger partial charge < -0.3 is 4.74 Å². The summed E-state index contributed by atoms with van der Waals surface area (Å²) >= 11 is 6.63. The summed E-state index contributed by atoms with van der Waals surface area (Å²) in [6.45, 7) is -0.566. The van der Waals surface area contributed by atoms with Crippen LogP contribution in [0, 0.1) is 0 Å². The minimum Gasteiger partial charge on any atom is -0.488 e. The van der Waals surface area contributed by atoms with Crippen LogP contribution in [0.25, 0.3) is 0 Å². The third-order valence-electron chi connectivity index (χ3n) is 1.54. The lowest BCUT2D eigenvalue weighted by molar-refractivity contribution is 0.0818. The molecular weight excluding hydrogens is 322 g/mol. The summed E-state index contributed by atoms with van der Waals surface area (Å²) in [6, 6.07) is 5.15. The van der Waals surface area contributed by atoms with E-state index in [4.69, 9.17) is 4.74 Å². The average Bonchev–Trinajstić information content (AvgIpc) is 2.16. The van der Waals surface area contributed by atoms with E-state index in [1.54, 1.807) is 18.2 Å². The Morgan fingerprint density at radius 3 is 2.64 bits per heavy atom. The second-order valence-corrected chi connectivity index (χ2v) is 4.00. The zero-order chi connectivity index (χ0) is 10.6. The molecule has 1 aromatic rings. The highest BCUT2D eigenvalue weighted by atomic mass is 79.9. The number of benzene rings is 1. The van der Waals surface area contributed by atoms with Crippen LogP contribution < -0.4 is 4.74 Å². The number of ether oxygens (including phenoxy) is 1. The predicted molar refractivity (Wildman–Crippen MR) is 58.3 cm³/mol. The standard InChI is InChI=1S/C9H8Br2F2O/c10-4-6-3-7(1-2-8(6)11)14-5-9(12)13/h1-3,9H,4-5H2. The molecule has 1 nitrogen and oxygen atoms in total. The molecular formula is C9H8Br2F2O. The number of hydrogen-bond acceptors (Lipinski definition) is 1. The van der Waals surface area contributed by atoms with Crippen molar-refractivity contribution in [1.29, 1.82) is 0 Å². The molecule has 0 saturated heterocycles. The van der Waals surface area contributed by atoms with E-state index >= 15 is 0 Å². The molecule has 0 spiro atoms. The lowest BCUT2D eigenvalue weighted by Crippen LogP contribution is -2.07. The predicted octanol–water partition coefficient (Wildman–Crippen LogP) is 3.99.